The molecular weight excluding hydrogens is 330 g/mol. The summed E-state index contributed by atoms with van der Waals surface area (Å²) in [7, 11) is 0. The van der Waals surface area contributed by atoms with Crippen molar-refractivity contribution in [3.05, 3.63) is 41.2 Å². The van der Waals surface area contributed by atoms with Crippen molar-refractivity contribution in [2.24, 2.45) is 5.92 Å². The van der Waals surface area contributed by atoms with Crippen LogP contribution in [0.1, 0.15) is 44.9 Å². The van der Waals surface area contributed by atoms with Crippen LogP contribution in [0.15, 0.2) is 35.6 Å². The van der Waals surface area contributed by atoms with E-state index in [2.05, 4.69) is 10.1 Å². The fourth-order valence-electron chi connectivity index (χ4n) is 4.23. The average molecular weight is 355 g/mol. The zero-order chi connectivity index (χ0) is 17.9. The number of rotatable bonds is 5. The number of amides is 1. The average Bonchev–Trinajstić information content (AvgIpc) is 3.39. The maximum atomic E-state index is 12.7. The predicted octanol–water partition coefficient (Wildman–Crippen LogP) is 2.00. The second-order valence-electron chi connectivity index (χ2n) is 7.42. The molecular formula is C19H25N5O2. The van der Waals surface area contributed by atoms with Crippen LogP contribution in [0.25, 0.3) is 5.82 Å². The van der Waals surface area contributed by atoms with Gasteiger partial charge in [0.1, 0.15) is 6.33 Å². The number of carbonyl (C=O) groups excluding carboxylic acids is 1. The minimum Gasteiger partial charge on any atom is -0.338 e. The SMILES string of the molecule is O=C(CC1CCCC1)N1CCCC1Cn1nc(-n2ccnc2)ccc1=O. The van der Waals surface area contributed by atoms with E-state index in [1.54, 1.807) is 29.4 Å². The van der Waals surface area contributed by atoms with E-state index >= 15 is 0 Å². The third-order valence-corrected chi connectivity index (χ3v) is 5.64. The van der Waals surface area contributed by atoms with Gasteiger partial charge in [0.15, 0.2) is 5.82 Å². The lowest BCUT2D eigenvalue weighted by Crippen LogP contribution is -2.41. The van der Waals surface area contributed by atoms with Crippen molar-refractivity contribution in [1.29, 1.82) is 0 Å². The Morgan fingerprint density at radius 1 is 1.15 bits per heavy atom. The molecule has 0 N–H and O–H groups in total. The number of nitrogens with zero attached hydrogens (tertiary/aromatic N) is 5. The fraction of sp³-hybridized carbons (Fsp3) is 0.579. The molecule has 1 saturated heterocycles. The van der Waals surface area contributed by atoms with Crippen LogP contribution < -0.4 is 5.56 Å². The summed E-state index contributed by atoms with van der Waals surface area (Å²) < 4.78 is 3.26. The van der Waals surface area contributed by atoms with Crippen molar-refractivity contribution < 1.29 is 4.79 Å². The minimum absolute atomic E-state index is 0.0622. The monoisotopic (exact) mass is 355 g/mol. The maximum absolute atomic E-state index is 12.7. The van der Waals surface area contributed by atoms with Crippen molar-refractivity contribution >= 4 is 5.91 Å². The van der Waals surface area contributed by atoms with Gasteiger partial charge in [-0.3, -0.25) is 14.2 Å². The Kier molecular flexibility index (Phi) is 4.86. The number of aromatic nitrogens is 4. The van der Waals surface area contributed by atoms with E-state index in [9.17, 15) is 9.59 Å². The number of hydrogen-bond acceptors (Lipinski definition) is 4. The first-order valence-corrected chi connectivity index (χ1v) is 9.56. The molecule has 1 atom stereocenters. The van der Waals surface area contributed by atoms with Gasteiger partial charge in [-0.05, 0) is 37.7 Å². The third-order valence-electron chi connectivity index (χ3n) is 5.64. The standard InChI is InChI=1S/C19H25N5O2/c25-18-8-7-17(22-11-9-20-14-22)21-24(18)13-16-6-3-10-23(16)19(26)12-15-4-1-2-5-15/h7-9,11,14-16H,1-6,10,12-13H2. The molecule has 1 unspecified atom stereocenters. The molecule has 0 aromatic carbocycles. The topological polar surface area (TPSA) is 73.0 Å². The molecule has 0 spiro atoms. The molecule has 138 valence electrons. The summed E-state index contributed by atoms with van der Waals surface area (Å²) in [6.07, 6.45) is 12.6. The van der Waals surface area contributed by atoms with Gasteiger partial charge in [0.05, 0.1) is 12.6 Å². The summed E-state index contributed by atoms with van der Waals surface area (Å²) in [6, 6.07) is 3.28. The summed E-state index contributed by atoms with van der Waals surface area (Å²) in [6.45, 7) is 1.25. The number of likely N-dealkylation sites (tertiary alicyclic amines) is 1. The zero-order valence-electron chi connectivity index (χ0n) is 15.0. The Bertz CT molecular complexity index is 808. The van der Waals surface area contributed by atoms with Crippen LogP contribution in [0.5, 0.6) is 0 Å². The van der Waals surface area contributed by atoms with Crippen LogP contribution >= 0.6 is 0 Å². The molecule has 3 heterocycles. The second kappa shape index (κ2) is 7.43. The van der Waals surface area contributed by atoms with Gasteiger partial charge in [0, 0.05) is 31.4 Å². The molecule has 2 aliphatic rings. The van der Waals surface area contributed by atoms with Crippen LogP contribution in [-0.2, 0) is 11.3 Å². The highest BCUT2D eigenvalue weighted by molar-refractivity contribution is 5.77. The molecule has 1 amide bonds. The van der Waals surface area contributed by atoms with Crippen LogP contribution in [0, 0.1) is 5.92 Å². The van der Waals surface area contributed by atoms with E-state index in [0.29, 0.717) is 24.7 Å². The Morgan fingerprint density at radius 2 is 2.00 bits per heavy atom. The van der Waals surface area contributed by atoms with E-state index in [1.807, 2.05) is 4.90 Å². The highest BCUT2D eigenvalue weighted by Gasteiger charge is 2.31. The first-order valence-electron chi connectivity index (χ1n) is 9.56. The van der Waals surface area contributed by atoms with Gasteiger partial charge < -0.3 is 4.90 Å². The van der Waals surface area contributed by atoms with Gasteiger partial charge in [0.2, 0.25) is 5.91 Å². The third kappa shape index (κ3) is 3.57. The van der Waals surface area contributed by atoms with Gasteiger partial charge in [-0.1, -0.05) is 12.8 Å². The Morgan fingerprint density at radius 3 is 2.77 bits per heavy atom. The number of imidazole rings is 1. The van der Waals surface area contributed by atoms with Crippen LogP contribution in [0.4, 0.5) is 0 Å². The minimum atomic E-state index is -0.135. The molecule has 4 rings (SSSR count). The van der Waals surface area contributed by atoms with E-state index in [1.165, 1.54) is 36.4 Å². The maximum Gasteiger partial charge on any atom is 0.266 e. The lowest BCUT2D eigenvalue weighted by molar-refractivity contribution is -0.133. The summed E-state index contributed by atoms with van der Waals surface area (Å²) in [5, 5.41) is 4.46. The van der Waals surface area contributed by atoms with Crippen LogP contribution in [0.2, 0.25) is 0 Å². The van der Waals surface area contributed by atoms with Crippen LogP contribution in [0.3, 0.4) is 0 Å². The highest BCUT2D eigenvalue weighted by Crippen LogP contribution is 2.29. The smallest absolute Gasteiger partial charge is 0.266 e. The summed E-state index contributed by atoms with van der Waals surface area (Å²) in [5.41, 5.74) is -0.135. The molecule has 2 aromatic heterocycles. The fourth-order valence-corrected chi connectivity index (χ4v) is 4.23. The molecule has 1 saturated carbocycles. The summed E-state index contributed by atoms with van der Waals surface area (Å²) >= 11 is 0. The predicted molar refractivity (Wildman–Crippen MR) is 96.9 cm³/mol. The van der Waals surface area contributed by atoms with Crippen molar-refractivity contribution in [3.63, 3.8) is 0 Å². The number of carbonyl (C=O) groups is 1. The molecule has 0 radical (unpaired) electrons. The molecule has 2 aromatic rings. The van der Waals surface area contributed by atoms with E-state index in [-0.39, 0.29) is 17.5 Å². The first kappa shape index (κ1) is 17.0. The van der Waals surface area contributed by atoms with Crippen LogP contribution in [-0.4, -0.2) is 42.7 Å². The highest BCUT2D eigenvalue weighted by atomic mass is 16.2. The molecule has 1 aliphatic heterocycles. The normalized spacial score (nSPS) is 20.8. The summed E-state index contributed by atoms with van der Waals surface area (Å²) in [4.78, 5) is 31.0. The van der Waals surface area contributed by atoms with E-state index in [0.717, 1.165) is 19.4 Å². The Balaban J connectivity index is 1.48. The van der Waals surface area contributed by atoms with Gasteiger partial charge >= 0.3 is 0 Å². The second-order valence-corrected chi connectivity index (χ2v) is 7.42. The van der Waals surface area contributed by atoms with E-state index in [4.69, 9.17) is 0 Å². The number of hydrogen-bond donors (Lipinski definition) is 0. The van der Waals surface area contributed by atoms with Gasteiger partial charge in [-0.25, -0.2) is 9.67 Å². The molecule has 1 aliphatic carbocycles. The van der Waals surface area contributed by atoms with Gasteiger partial charge in [-0.15, -0.1) is 0 Å². The quantitative estimate of drug-likeness (QED) is 0.822. The lowest BCUT2D eigenvalue weighted by Gasteiger charge is -2.26. The van der Waals surface area contributed by atoms with Crippen molar-refractivity contribution in [2.45, 2.75) is 57.5 Å². The Hall–Kier alpha value is -2.44. The van der Waals surface area contributed by atoms with Gasteiger partial charge in [0.25, 0.3) is 5.56 Å². The Labute approximate surface area is 152 Å². The van der Waals surface area contributed by atoms with E-state index < -0.39 is 0 Å². The first-order chi connectivity index (χ1) is 12.7. The largest absolute Gasteiger partial charge is 0.338 e. The molecule has 7 nitrogen and oxygen atoms in total. The molecule has 7 heteroatoms. The van der Waals surface area contributed by atoms with Crippen molar-refractivity contribution in [3.8, 4) is 5.82 Å². The zero-order valence-corrected chi connectivity index (χ0v) is 15.0. The summed E-state index contributed by atoms with van der Waals surface area (Å²) in [5.74, 6) is 1.45. The van der Waals surface area contributed by atoms with Crippen molar-refractivity contribution in [2.75, 3.05) is 6.54 Å². The molecule has 2 fully saturated rings. The molecule has 26 heavy (non-hydrogen) atoms. The molecule has 0 bridgehead atoms. The van der Waals surface area contributed by atoms with Crippen molar-refractivity contribution in [1.82, 2.24) is 24.2 Å². The lowest BCUT2D eigenvalue weighted by atomic mass is 10.0. The van der Waals surface area contributed by atoms with Gasteiger partial charge in [-0.2, -0.15) is 5.10 Å².